The lowest BCUT2D eigenvalue weighted by atomic mass is 10.7. The quantitative estimate of drug-likeness (QED) is 0.724. The van der Waals surface area contributed by atoms with E-state index >= 15 is 0 Å². The minimum absolute atomic E-state index is 0.219. The average Bonchev–Trinajstić information content (AvgIpc) is 2.65. The Morgan fingerprint density at radius 3 is 2.88 bits per heavy atom. The minimum atomic E-state index is -3.78. The lowest BCUT2D eigenvalue weighted by molar-refractivity contribution is -0.121. The molecule has 0 aromatic carbocycles. The number of carbonyl (C=O) groups is 1. The van der Waals surface area contributed by atoms with Gasteiger partial charge in [-0.2, -0.15) is 0 Å². The molecule has 1 unspecified atom stereocenters. The zero-order valence-corrected chi connectivity index (χ0v) is 9.83. The number of nitrogens with two attached hydrogens (primary N) is 1. The van der Waals surface area contributed by atoms with E-state index in [0.29, 0.717) is 0 Å². The summed E-state index contributed by atoms with van der Waals surface area (Å²) in [5, 5.41) is 0.219. The van der Waals surface area contributed by atoms with E-state index in [0.717, 1.165) is 11.3 Å². The van der Waals surface area contributed by atoms with Crippen molar-refractivity contribution in [3.63, 3.8) is 0 Å². The zero-order valence-electron chi connectivity index (χ0n) is 8.20. The molecule has 1 aromatic heterocycles. The Bertz CT molecular complexity index is 466. The number of primary amides is 1. The molecule has 1 atom stereocenters. The van der Waals surface area contributed by atoms with Crippen LogP contribution in [0.5, 0.6) is 5.06 Å². The standard InChI is InChI=1S/C8H10N2O4S2/c1-2-3-16(12,13)8(7(9)11)14-6-4-10-5-15-6/h2,4-5,8H,1,3H2,(H2,9,11). The molecule has 0 saturated heterocycles. The van der Waals surface area contributed by atoms with Crippen LogP contribution < -0.4 is 10.5 Å². The Balaban J connectivity index is 2.92. The van der Waals surface area contributed by atoms with Crippen LogP contribution in [-0.4, -0.2) is 30.5 Å². The van der Waals surface area contributed by atoms with Gasteiger partial charge in [-0.15, -0.1) is 6.58 Å². The van der Waals surface area contributed by atoms with Crippen LogP contribution in [0.3, 0.4) is 0 Å². The molecular weight excluding hydrogens is 252 g/mol. The first-order valence-electron chi connectivity index (χ1n) is 4.14. The Morgan fingerprint density at radius 2 is 2.44 bits per heavy atom. The maximum absolute atomic E-state index is 11.6. The molecule has 1 amide bonds. The molecule has 0 fully saturated rings. The molecule has 2 N–H and O–H groups in total. The van der Waals surface area contributed by atoms with E-state index < -0.39 is 21.2 Å². The fourth-order valence-electron chi connectivity index (χ4n) is 0.928. The Hall–Kier alpha value is -1.41. The topological polar surface area (TPSA) is 99.3 Å². The fraction of sp³-hybridized carbons (Fsp3) is 0.250. The molecule has 0 bridgehead atoms. The van der Waals surface area contributed by atoms with Crippen molar-refractivity contribution in [3.05, 3.63) is 24.4 Å². The summed E-state index contributed by atoms with van der Waals surface area (Å²) in [5.41, 5.74) is 4.73. The van der Waals surface area contributed by atoms with Gasteiger partial charge in [-0.3, -0.25) is 4.79 Å². The van der Waals surface area contributed by atoms with Crippen molar-refractivity contribution >= 4 is 27.1 Å². The van der Waals surface area contributed by atoms with Gasteiger partial charge < -0.3 is 10.5 Å². The molecule has 1 aromatic rings. The molecule has 6 nitrogen and oxygen atoms in total. The van der Waals surface area contributed by atoms with Gasteiger partial charge in [0.05, 0.1) is 17.5 Å². The first kappa shape index (κ1) is 12.7. The van der Waals surface area contributed by atoms with Crippen LogP contribution in [0, 0.1) is 0 Å². The second-order valence-electron chi connectivity index (χ2n) is 2.79. The van der Waals surface area contributed by atoms with Crippen molar-refractivity contribution < 1.29 is 17.9 Å². The van der Waals surface area contributed by atoms with Gasteiger partial charge in [-0.05, 0) is 0 Å². The maximum Gasteiger partial charge on any atom is 0.277 e. The van der Waals surface area contributed by atoms with E-state index in [2.05, 4.69) is 11.6 Å². The monoisotopic (exact) mass is 262 g/mol. The van der Waals surface area contributed by atoms with Crippen molar-refractivity contribution in [2.24, 2.45) is 5.73 Å². The number of nitrogens with zero attached hydrogens (tertiary/aromatic N) is 1. The molecule has 0 saturated carbocycles. The molecule has 0 aliphatic rings. The second-order valence-corrected chi connectivity index (χ2v) is 5.73. The van der Waals surface area contributed by atoms with Crippen molar-refractivity contribution in [2.45, 2.75) is 5.44 Å². The molecule has 8 heteroatoms. The first-order valence-corrected chi connectivity index (χ1v) is 6.74. The second kappa shape index (κ2) is 5.08. The number of amides is 1. The molecule has 0 radical (unpaired) electrons. The number of rotatable bonds is 6. The minimum Gasteiger partial charge on any atom is -0.453 e. The van der Waals surface area contributed by atoms with Gasteiger partial charge in [0.2, 0.25) is 9.84 Å². The third kappa shape index (κ3) is 3.04. The summed E-state index contributed by atoms with van der Waals surface area (Å²) in [7, 11) is -3.78. The number of carbonyl (C=O) groups excluding carboxylic acids is 1. The van der Waals surface area contributed by atoms with E-state index in [1.165, 1.54) is 17.8 Å². The summed E-state index contributed by atoms with van der Waals surface area (Å²) in [5.74, 6) is -1.44. The van der Waals surface area contributed by atoms with Crippen molar-refractivity contribution in [1.82, 2.24) is 4.98 Å². The van der Waals surface area contributed by atoms with Crippen LogP contribution in [0.2, 0.25) is 0 Å². The van der Waals surface area contributed by atoms with Gasteiger partial charge in [-0.1, -0.05) is 17.4 Å². The molecule has 0 aliphatic carbocycles. The third-order valence-electron chi connectivity index (χ3n) is 1.54. The van der Waals surface area contributed by atoms with Gasteiger partial charge in [-0.25, -0.2) is 13.4 Å². The number of sulfone groups is 1. The largest absolute Gasteiger partial charge is 0.453 e. The summed E-state index contributed by atoms with van der Waals surface area (Å²) in [6, 6.07) is 0. The molecule has 0 spiro atoms. The smallest absolute Gasteiger partial charge is 0.277 e. The highest BCUT2D eigenvalue weighted by Gasteiger charge is 2.32. The van der Waals surface area contributed by atoms with E-state index in [4.69, 9.17) is 10.5 Å². The normalized spacial score (nSPS) is 13.0. The molecule has 1 rings (SSSR count). The number of thiazole rings is 1. The van der Waals surface area contributed by atoms with E-state index in [-0.39, 0.29) is 10.8 Å². The SMILES string of the molecule is C=CCS(=O)(=O)C(Oc1cncs1)C(N)=O. The zero-order chi connectivity index (χ0) is 12.2. The van der Waals surface area contributed by atoms with Crippen LogP contribution in [0.15, 0.2) is 24.4 Å². The highest BCUT2D eigenvalue weighted by Crippen LogP contribution is 2.19. The summed E-state index contributed by atoms with van der Waals surface area (Å²) >= 11 is 1.07. The van der Waals surface area contributed by atoms with Crippen LogP contribution in [0.1, 0.15) is 0 Å². The van der Waals surface area contributed by atoms with Gasteiger partial charge in [0.1, 0.15) is 0 Å². The van der Waals surface area contributed by atoms with Crippen molar-refractivity contribution in [1.29, 1.82) is 0 Å². The van der Waals surface area contributed by atoms with Crippen LogP contribution >= 0.6 is 11.3 Å². The highest BCUT2D eigenvalue weighted by molar-refractivity contribution is 7.92. The predicted octanol–water partition coefficient (Wildman–Crippen LogP) is -0.0659. The third-order valence-corrected chi connectivity index (χ3v) is 3.88. The number of aromatic nitrogens is 1. The predicted molar refractivity (Wildman–Crippen MR) is 59.7 cm³/mol. The molecule has 88 valence electrons. The van der Waals surface area contributed by atoms with Crippen LogP contribution in [-0.2, 0) is 14.6 Å². The van der Waals surface area contributed by atoms with E-state index in [1.54, 1.807) is 0 Å². The molecule has 1 heterocycles. The van der Waals surface area contributed by atoms with Gasteiger partial charge >= 0.3 is 0 Å². The summed E-state index contributed by atoms with van der Waals surface area (Å²) in [6.07, 6.45) is 2.48. The lowest BCUT2D eigenvalue weighted by Crippen LogP contribution is -2.41. The molecule has 16 heavy (non-hydrogen) atoms. The number of hydrogen-bond donors (Lipinski definition) is 1. The Morgan fingerprint density at radius 1 is 1.75 bits per heavy atom. The van der Waals surface area contributed by atoms with Gasteiger partial charge in [0, 0.05) is 0 Å². The highest BCUT2D eigenvalue weighted by atomic mass is 32.2. The summed E-state index contributed by atoms with van der Waals surface area (Å²) in [4.78, 5) is 14.7. The summed E-state index contributed by atoms with van der Waals surface area (Å²) < 4.78 is 28.2. The summed E-state index contributed by atoms with van der Waals surface area (Å²) in [6.45, 7) is 3.29. The lowest BCUT2D eigenvalue weighted by Gasteiger charge is -2.13. The van der Waals surface area contributed by atoms with E-state index in [1.807, 2.05) is 0 Å². The van der Waals surface area contributed by atoms with Gasteiger partial charge in [0.25, 0.3) is 11.3 Å². The fourth-order valence-corrected chi connectivity index (χ4v) is 2.60. The first-order chi connectivity index (χ1) is 7.47. The van der Waals surface area contributed by atoms with E-state index in [9.17, 15) is 13.2 Å². The Labute approximate surface area is 96.7 Å². The maximum atomic E-state index is 11.6. The number of ether oxygens (including phenoxy) is 1. The average molecular weight is 262 g/mol. The van der Waals surface area contributed by atoms with Crippen molar-refractivity contribution in [2.75, 3.05) is 5.75 Å². The van der Waals surface area contributed by atoms with Crippen LogP contribution in [0.25, 0.3) is 0 Å². The van der Waals surface area contributed by atoms with Gasteiger partial charge in [0.15, 0.2) is 5.06 Å². The van der Waals surface area contributed by atoms with Crippen molar-refractivity contribution in [3.8, 4) is 5.06 Å². The molecule has 0 aliphatic heterocycles. The van der Waals surface area contributed by atoms with Crippen LogP contribution in [0.4, 0.5) is 0 Å². The number of hydrogen-bond acceptors (Lipinski definition) is 6. The molecular formula is C8H10N2O4S2. The Kier molecular flexibility index (Phi) is 4.02.